The van der Waals surface area contributed by atoms with Crippen molar-refractivity contribution < 1.29 is 19.5 Å². The van der Waals surface area contributed by atoms with Crippen molar-refractivity contribution >= 4 is 0 Å². The fourth-order valence-corrected chi connectivity index (χ4v) is 0. The van der Waals surface area contributed by atoms with Gasteiger partial charge in [0, 0.05) is 0 Å². The molecular formula is H18N6Ru+3. The molecule has 7 heavy (non-hydrogen) atoms. The average Bonchev–Trinajstić information content (AvgIpc) is 0. The number of rotatable bonds is 0. The fraction of sp³-hybridized carbons (Fsp3) is 0. The van der Waals surface area contributed by atoms with Crippen molar-refractivity contribution in [2.75, 3.05) is 0 Å². The van der Waals surface area contributed by atoms with E-state index in [0.29, 0.717) is 0 Å². The largest absolute Gasteiger partial charge is 3.00 e. The molecule has 0 fully saturated rings. The third kappa shape index (κ3) is 834. The molecule has 0 rings (SSSR count). The van der Waals surface area contributed by atoms with E-state index in [9.17, 15) is 0 Å². The maximum absolute atomic E-state index is 0. The van der Waals surface area contributed by atoms with Crippen LogP contribution in [0.2, 0.25) is 0 Å². The zero-order chi connectivity index (χ0) is 0. The molecule has 0 aromatic carbocycles. The van der Waals surface area contributed by atoms with E-state index < -0.39 is 0 Å². The van der Waals surface area contributed by atoms with E-state index in [1.165, 1.54) is 0 Å². The Morgan fingerprint density at radius 3 is 0.286 bits per heavy atom. The Balaban J connectivity index is 0. The second kappa shape index (κ2) is 1260. The van der Waals surface area contributed by atoms with Crippen LogP contribution in [-0.2, 0) is 19.5 Å². The van der Waals surface area contributed by atoms with Gasteiger partial charge < -0.3 is 36.9 Å². The molecule has 0 atom stereocenters. The summed E-state index contributed by atoms with van der Waals surface area (Å²) in [5, 5.41) is 0. The first-order valence-corrected chi connectivity index (χ1v) is 0. The van der Waals surface area contributed by atoms with Gasteiger partial charge in [0.2, 0.25) is 0 Å². The van der Waals surface area contributed by atoms with Gasteiger partial charge in [0.05, 0.1) is 0 Å². The van der Waals surface area contributed by atoms with Crippen LogP contribution >= 0.6 is 0 Å². The molecule has 53 valence electrons. The monoisotopic (exact) mass is 204 g/mol. The van der Waals surface area contributed by atoms with Gasteiger partial charge in [-0.15, -0.1) is 0 Å². The average molecular weight is 203 g/mol. The summed E-state index contributed by atoms with van der Waals surface area (Å²) >= 11 is 0. The van der Waals surface area contributed by atoms with Crippen molar-refractivity contribution in [3.63, 3.8) is 0 Å². The van der Waals surface area contributed by atoms with E-state index in [-0.39, 0.29) is 56.4 Å². The second-order valence-corrected chi connectivity index (χ2v) is 0. The van der Waals surface area contributed by atoms with E-state index in [2.05, 4.69) is 0 Å². The van der Waals surface area contributed by atoms with Crippen molar-refractivity contribution in [1.82, 2.24) is 36.9 Å². The number of hydrogen-bond donors (Lipinski definition) is 6. The predicted molar refractivity (Wildman–Crippen MR) is 30.1 cm³/mol. The Morgan fingerprint density at radius 2 is 0.286 bits per heavy atom. The SMILES string of the molecule is N.N.N.N.N.N.[Ru+3]. The van der Waals surface area contributed by atoms with Crippen molar-refractivity contribution in [2.24, 2.45) is 0 Å². The van der Waals surface area contributed by atoms with Crippen LogP contribution in [0.15, 0.2) is 0 Å². The van der Waals surface area contributed by atoms with Gasteiger partial charge in [0.15, 0.2) is 0 Å². The van der Waals surface area contributed by atoms with Crippen LogP contribution in [0.3, 0.4) is 0 Å². The topological polar surface area (TPSA) is 210 Å². The van der Waals surface area contributed by atoms with Crippen molar-refractivity contribution in [3.05, 3.63) is 0 Å². The summed E-state index contributed by atoms with van der Waals surface area (Å²) in [6, 6.07) is 0. The van der Waals surface area contributed by atoms with Crippen molar-refractivity contribution in [3.8, 4) is 0 Å². The molecule has 0 aromatic rings. The Morgan fingerprint density at radius 1 is 0.286 bits per heavy atom. The van der Waals surface area contributed by atoms with E-state index >= 15 is 0 Å². The molecule has 0 amide bonds. The first-order valence-electron chi connectivity index (χ1n) is 0. The first-order chi connectivity index (χ1) is 0. The third-order valence-electron chi connectivity index (χ3n) is 0. The first kappa shape index (κ1) is 2050. The van der Waals surface area contributed by atoms with Gasteiger partial charge >= 0.3 is 19.5 Å². The predicted octanol–water partition coefficient (Wildman–Crippen LogP) is 0.969. The molecule has 18 N–H and O–H groups in total. The minimum Gasteiger partial charge on any atom is -0.344 e. The molecule has 0 bridgehead atoms. The Kier molecular flexibility index (Phi) is 368000. The molecule has 0 saturated heterocycles. The molecule has 1 radical (unpaired) electrons. The van der Waals surface area contributed by atoms with Gasteiger partial charge in [-0.1, -0.05) is 0 Å². The molecule has 7 heteroatoms. The van der Waals surface area contributed by atoms with Crippen molar-refractivity contribution in [2.45, 2.75) is 0 Å². The van der Waals surface area contributed by atoms with Crippen LogP contribution in [0.5, 0.6) is 0 Å². The molecule has 0 aromatic heterocycles. The Bertz CT molecular complexity index is 4.14. The molecule has 0 aliphatic heterocycles. The van der Waals surface area contributed by atoms with Crippen LogP contribution in [0.4, 0.5) is 0 Å². The molecular weight excluding hydrogens is 185 g/mol. The molecule has 0 spiro atoms. The molecule has 0 heterocycles. The van der Waals surface area contributed by atoms with Crippen molar-refractivity contribution in [1.29, 1.82) is 0 Å². The Labute approximate surface area is 57.1 Å². The van der Waals surface area contributed by atoms with E-state index in [1.807, 2.05) is 0 Å². The standard InChI is InChI=1S/6H3N.Ru/h6*1H3;/q;;;;;;+3. The molecule has 0 unspecified atom stereocenters. The van der Waals surface area contributed by atoms with Gasteiger partial charge in [-0.05, 0) is 0 Å². The molecule has 6 nitrogen and oxygen atoms in total. The summed E-state index contributed by atoms with van der Waals surface area (Å²) in [4.78, 5) is 0. The summed E-state index contributed by atoms with van der Waals surface area (Å²) < 4.78 is 0. The number of hydrogen-bond acceptors (Lipinski definition) is 6. The summed E-state index contributed by atoms with van der Waals surface area (Å²) in [5.41, 5.74) is 0. The molecule has 0 aliphatic carbocycles. The molecule has 0 saturated carbocycles. The van der Waals surface area contributed by atoms with Crippen LogP contribution in [0, 0.1) is 0 Å². The van der Waals surface area contributed by atoms with Gasteiger partial charge in [-0.25, -0.2) is 0 Å². The van der Waals surface area contributed by atoms with Gasteiger partial charge in [-0.3, -0.25) is 0 Å². The summed E-state index contributed by atoms with van der Waals surface area (Å²) in [5.74, 6) is 0. The maximum Gasteiger partial charge on any atom is 3.00 e. The van der Waals surface area contributed by atoms with Crippen LogP contribution in [0.25, 0.3) is 0 Å². The zero-order valence-electron chi connectivity index (χ0n) is 4.60. The summed E-state index contributed by atoms with van der Waals surface area (Å²) in [7, 11) is 0. The Hall–Kier alpha value is 0.383. The smallest absolute Gasteiger partial charge is 0.344 e. The van der Waals surface area contributed by atoms with Crippen LogP contribution in [-0.4, -0.2) is 0 Å². The summed E-state index contributed by atoms with van der Waals surface area (Å²) in [6.45, 7) is 0. The molecule has 0 aliphatic rings. The quantitative estimate of drug-likeness (QED) is 0.315. The van der Waals surface area contributed by atoms with Gasteiger partial charge in [-0.2, -0.15) is 0 Å². The van der Waals surface area contributed by atoms with Crippen LogP contribution < -0.4 is 36.9 Å². The second-order valence-electron chi connectivity index (χ2n) is 0. The minimum atomic E-state index is 0. The van der Waals surface area contributed by atoms with Gasteiger partial charge in [0.25, 0.3) is 0 Å². The van der Waals surface area contributed by atoms with E-state index in [4.69, 9.17) is 0 Å². The fourth-order valence-electron chi connectivity index (χ4n) is 0. The van der Waals surface area contributed by atoms with Gasteiger partial charge in [0.1, 0.15) is 0 Å². The zero-order valence-corrected chi connectivity index (χ0v) is 6.33. The van der Waals surface area contributed by atoms with E-state index in [1.54, 1.807) is 0 Å². The van der Waals surface area contributed by atoms with Crippen LogP contribution in [0.1, 0.15) is 0 Å². The normalized spacial score (nSPS) is 0. The van der Waals surface area contributed by atoms with E-state index in [0.717, 1.165) is 0 Å². The third-order valence-corrected chi connectivity index (χ3v) is 0. The minimum absolute atomic E-state index is 0. The summed E-state index contributed by atoms with van der Waals surface area (Å²) in [6.07, 6.45) is 0. The maximum atomic E-state index is 0.